The van der Waals surface area contributed by atoms with Crippen LogP contribution in [0.15, 0.2) is 95.9 Å². The number of amides is 1. The summed E-state index contributed by atoms with van der Waals surface area (Å²) in [4.78, 5) is 12.8. The van der Waals surface area contributed by atoms with Crippen LogP contribution < -0.4 is 5.32 Å². The first kappa shape index (κ1) is 17.9. The van der Waals surface area contributed by atoms with Gasteiger partial charge in [0.05, 0.1) is 16.7 Å². The second-order valence-corrected chi connectivity index (χ2v) is 7.93. The van der Waals surface area contributed by atoms with Crippen LogP contribution in [0.4, 0.5) is 0 Å². The van der Waals surface area contributed by atoms with Crippen molar-refractivity contribution < 1.29 is 13.2 Å². The zero-order valence-corrected chi connectivity index (χ0v) is 14.9. The highest BCUT2D eigenvalue weighted by atomic mass is 32.2. The van der Waals surface area contributed by atoms with Crippen molar-refractivity contribution in [3.8, 4) is 0 Å². The quantitative estimate of drug-likeness (QED) is 0.725. The van der Waals surface area contributed by atoms with Gasteiger partial charge in [0.2, 0.25) is 0 Å². The van der Waals surface area contributed by atoms with E-state index in [9.17, 15) is 13.2 Å². The van der Waals surface area contributed by atoms with Crippen LogP contribution in [0.2, 0.25) is 0 Å². The van der Waals surface area contributed by atoms with E-state index in [-0.39, 0.29) is 16.6 Å². The van der Waals surface area contributed by atoms with Gasteiger partial charge < -0.3 is 5.32 Å². The van der Waals surface area contributed by atoms with Crippen molar-refractivity contribution in [3.63, 3.8) is 0 Å². The number of nitrogens with one attached hydrogen (secondary N) is 1. The Hall–Kier alpha value is -2.92. The Morgan fingerprint density at radius 1 is 0.769 bits per heavy atom. The molecule has 0 aliphatic rings. The van der Waals surface area contributed by atoms with Crippen molar-refractivity contribution >= 4 is 15.7 Å². The Morgan fingerprint density at radius 3 is 1.85 bits per heavy atom. The smallest absolute Gasteiger partial charge is 0.251 e. The molecule has 5 heteroatoms. The molecule has 1 atom stereocenters. The lowest BCUT2D eigenvalue weighted by molar-refractivity contribution is 0.0940. The second kappa shape index (κ2) is 7.97. The maximum absolute atomic E-state index is 12.8. The fourth-order valence-corrected chi connectivity index (χ4v) is 4.16. The molecule has 3 aromatic rings. The van der Waals surface area contributed by atoms with E-state index in [1.807, 2.05) is 36.4 Å². The first-order valence-electron chi connectivity index (χ1n) is 8.25. The summed E-state index contributed by atoms with van der Waals surface area (Å²) in [5.74, 6) is -0.512. The van der Waals surface area contributed by atoms with Gasteiger partial charge in [-0.2, -0.15) is 0 Å². The average Bonchev–Trinajstić information content (AvgIpc) is 2.69. The average molecular weight is 365 g/mol. The van der Waals surface area contributed by atoms with Crippen LogP contribution >= 0.6 is 0 Å². The minimum atomic E-state index is -3.55. The molecule has 0 aliphatic carbocycles. The van der Waals surface area contributed by atoms with Crippen LogP contribution in [0, 0.1) is 0 Å². The van der Waals surface area contributed by atoms with Gasteiger partial charge in [-0.25, -0.2) is 8.42 Å². The number of carbonyl (C=O) groups is 1. The van der Waals surface area contributed by atoms with Gasteiger partial charge in [-0.15, -0.1) is 0 Å². The predicted octanol–water partition coefficient (Wildman–Crippen LogP) is 3.63. The Bertz CT molecular complexity index is 956. The van der Waals surface area contributed by atoms with E-state index in [2.05, 4.69) is 5.32 Å². The summed E-state index contributed by atoms with van der Waals surface area (Å²) in [6.45, 7) is 0. The van der Waals surface area contributed by atoms with Gasteiger partial charge in [-0.05, 0) is 29.8 Å². The molecule has 0 saturated heterocycles. The molecule has 1 unspecified atom stereocenters. The van der Waals surface area contributed by atoms with Crippen molar-refractivity contribution in [2.75, 3.05) is 5.75 Å². The summed E-state index contributed by atoms with van der Waals surface area (Å²) in [6, 6.07) is 25.5. The molecule has 0 spiro atoms. The molecule has 3 aromatic carbocycles. The molecule has 132 valence electrons. The molecule has 4 nitrogen and oxygen atoms in total. The third-order valence-electron chi connectivity index (χ3n) is 4.03. The molecule has 1 N–H and O–H groups in total. The normalized spacial score (nSPS) is 12.3. The minimum Gasteiger partial charge on any atom is -0.344 e. The van der Waals surface area contributed by atoms with Crippen molar-refractivity contribution in [1.82, 2.24) is 5.32 Å². The van der Waals surface area contributed by atoms with Crippen molar-refractivity contribution in [2.45, 2.75) is 10.9 Å². The standard InChI is InChI=1S/C21H19NO3S/c23-21(18-12-6-2-7-13-18)22-20(17-10-4-1-5-11-17)16-26(24,25)19-14-8-3-9-15-19/h1-15,20H,16H2,(H,22,23). The first-order chi connectivity index (χ1) is 12.6. The van der Waals surface area contributed by atoms with Gasteiger partial charge in [-0.3, -0.25) is 4.79 Å². The molecule has 0 aromatic heterocycles. The first-order valence-corrected chi connectivity index (χ1v) is 9.90. The molecule has 0 aliphatic heterocycles. The number of rotatable bonds is 6. The Labute approximate surface area is 153 Å². The molecule has 3 rings (SSSR count). The summed E-state index contributed by atoms with van der Waals surface area (Å²) in [7, 11) is -3.55. The molecular formula is C21H19NO3S. The highest BCUT2D eigenvalue weighted by Gasteiger charge is 2.24. The second-order valence-electron chi connectivity index (χ2n) is 5.90. The molecule has 0 fully saturated rings. The van der Waals surface area contributed by atoms with E-state index in [4.69, 9.17) is 0 Å². The van der Waals surface area contributed by atoms with Crippen molar-refractivity contribution in [3.05, 3.63) is 102 Å². The van der Waals surface area contributed by atoms with Gasteiger partial charge in [0, 0.05) is 5.56 Å². The van der Waals surface area contributed by atoms with E-state index in [1.165, 1.54) is 0 Å². The lowest BCUT2D eigenvalue weighted by Gasteiger charge is -2.19. The molecule has 0 radical (unpaired) electrons. The fraction of sp³-hybridized carbons (Fsp3) is 0.0952. The summed E-state index contributed by atoms with van der Waals surface area (Å²) < 4.78 is 25.6. The number of sulfone groups is 1. The van der Waals surface area contributed by atoms with Gasteiger partial charge in [-0.1, -0.05) is 66.7 Å². The zero-order chi connectivity index (χ0) is 18.4. The van der Waals surface area contributed by atoms with Crippen LogP contribution in [0.1, 0.15) is 22.0 Å². The highest BCUT2D eigenvalue weighted by Crippen LogP contribution is 2.20. The van der Waals surface area contributed by atoms with Gasteiger partial charge in [0.1, 0.15) is 0 Å². The van der Waals surface area contributed by atoms with Gasteiger partial charge >= 0.3 is 0 Å². The molecule has 0 bridgehead atoms. The SMILES string of the molecule is O=C(NC(CS(=O)(=O)c1ccccc1)c1ccccc1)c1ccccc1. The summed E-state index contributed by atoms with van der Waals surface area (Å²) >= 11 is 0. The topological polar surface area (TPSA) is 63.2 Å². The maximum atomic E-state index is 12.8. The molecule has 26 heavy (non-hydrogen) atoms. The molecule has 0 heterocycles. The van der Waals surface area contributed by atoms with E-state index in [1.54, 1.807) is 54.6 Å². The Morgan fingerprint density at radius 2 is 1.27 bits per heavy atom. The summed E-state index contributed by atoms with van der Waals surface area (Å²) in [5, 5.41) is 2.86. The number of benzene rings is 3. The van der Waals surface area contributed by atoms with Crippen LogP contribution in [0.25, 0.3) is 0 Å². The zero-order valence-electron chi connectivity index (χ0n) is 14.1. The fourth-order valence-electron chi connectivity index (χ4n) is 2.68. The Balaban J connectivity index is 1.88. The van der Waals surface area contributed by atoms with E-state index >= 15 is 0 Å². The van der Waals surface area contributed by atoms with Gasteiger partial charge in [0.25, 0.3) is 5.91 Å². The third kappa shape index (κ3) is 4.37. The van der Waals surface area contributed by atoms with Crippen LogP contribution in [-0.4, -0.2) is 20.1 Å². The largest absolute Gasteiger partial charge is 0.344 e. The summed E-state index contributed by atoms with van der Waals surface area (Å²) in [5.41, 5.74) is 1.24. The monoisotopic (exact) mass is 365 g/mol. The van der Waals surface area contributed by atoms with E-state index in [0.717, 1.165) is 5.56 Å². The number of hydrogen-bond donors (Lipinski definition) is 1. The molecule has 0 saturated carbocycles. The molecule has 1 amide bonds. The van der Waals surface area contributed by atoms with E-state index in [0.29, 0.717) is 5.56 Å². The lowest BCUT2D eigenvalue weighted by atomic mass is 10.1. The van der Waals surface area contributed by atoms with Crippen molar-refractivity contribution in [2.24, 2.45) is 0 Å². The van der Waals surface area contributed by atoms with Crippen molar-refractivity contribution in [1.29, 1.82) is 0 Å². The van der Waals surface area contributed by atoms with Crippen LogP contribution in [0.5, 0.6) is 0 Å². The van der Waals surface area contributed by atoms with Crippen LogP contribution in [0.3, 0.4) is 0 Å². The maximum Gasteiger partial charge on any atom is 0.251 e. The summed E-state index contributed by atoms with van der Waals surface area (Å²) in [6.07, 6.45) is 0. The van der Waals surface area contributed by atoms with Gasteiger partial charge in [0.15, 0.2) is 9.84 Å². The number of carbonyl (C=O) groups excluding carboxylic acids is 1. The van der Waals surface area contributed by atoms with Crippen LogP contribution in [-0.2, 0) is 9.84 Å². The minimum absolute atomic E-state index is 0.209. The highest BCUT2D eigenvalue weighted by molar-refractivity contribution is 7.91. The number of hydrogen-bond acceptors (Lipinski definition) is 3. The predicted molar refractivity (Wildman–Crippen MR) is 102 cm³/mol. The molecular weight excluding hydrogens is 346 g/mol. The Kier molecular flexibility index (Phi) is 5.49. The lowest BCUT2D eigenvalue weighted by Crippen LogP contribution is -2.33. The van der Waals surface area contributed by atoms with E-state index < -0.39 is 15.9 Å². The third-order valence-corrected chi connectivity index (χ3v) is 5.79.